The summed E-state index contributed by atoms with van der Waals surface area (Å²) < 4.78 is 1.09. The molecular weight excluding hydrogens is 323 g/mol. The maximum atomic E-state index is 5.92. The molecule has 0 bridgehead atoms. The topological polar surface area (TPSA) is 29.3 Å². The second-order valence-electron chi connectivity index (χ2n) is 4.36. The number of rotatable bonds is 3. The monoisotopic (exact) mass is 338 g/mol. The molecule has 1 saturated heterocycles. The van der Waals surface area contributed by atoms with Gasteiger partial charge in [-0.05, 0) is 43.1 Å². The Morgan fingerprint density at radius 1 is 1.47 bits per heavy atom. The van der Waals surface area contributed by atoms with E-state index in [2.05, 4.69) is 26.9 Å². The number of hydrogen-bond donors (Lipinski definition) is 1. The lowest BCUT2D eigenvalue weighted by molar-refractivity contribution is 0.317. The molecule has 1 aromatic carbocycles. The molecule has 2 rings (SSSR count). The van der Waals surface area contributed by atoms with Crippen molar-refractivity contribution < 1.29 is 0 Å². The zero-order chi connectivity index (χ0) is 11.5. The van der Waals surface area contributed by atoms with Crippen molar-refractivity contribution >= 4 is 39.9 Å². The Bertz CT molecular complexity index is 374. The summed E-state index contributed by atoms with van der Waals surface area (Å²) in [6, 6.07) is 5.98. The highest BCUT2D eigenvalue weighted by Crippen LogP contribution is 2.25. The molecular formula is C12H17BrCl2N2. The molecule has 0 saturated carbocycles. The third-order valence-corrected chi connectivity index (χ3v) is 4.09. The van der Waals surface area contributed by atoms with Gasteiger partial charge < -0.3 is 5.73 Å². The van der Waals surface area contributed by atoms with E-state index in [0.29, 0.717) is 5.92 Å². The van der Waals surface area contributed by atoms with E-state index in [1.165, 1.54) is 12.0 Å². The molecule has 1 atom stereocenters. The van der Waals surface area contributed by atoms with Crippen LogP contribution >= 0.6 is 39.9 Å². The molecule has 17 heavy (non-hydrogen) atoms. The Kier molecular flexibility index (Phi) is 6.24. The first-order valence-corrected chi connectivity index (χ1v) is 6.72. The maximum Gasteiger partial charge on any atom is 0.0417 e. The number of likely N-dealkylation sites (tertiary alicyclic amines) is 1. The zero-order valence-corrected chi connectivity index (χ0v) is 12.7. The number of nitrogens with two attached hydrogens (primary N) is 1. The fraction of sp³-hybridized carbons (Fsp3) is 0.500. The first kappa shape index (κ1) is 15.3. The van der Waals surface area contributed by atoms with Crippen molar-refractivity contribution in [3.05, 3.63) is 33.3 Å². The molecule has 0 aromatic heterocycles. The Morgan fingerprint density at radius 3 is 2.82 bits per heavy atom. The summed E-state index contributed by atoms with van der Waals surface area (Å²) in [7, 11) is 0. The lowest BCUT2D eigenvalue weighted by Gasteiger charge is -2.16. The van der Waals surface area contributed by atoms with Gasteiger partial charge in [0, 0.05) is 22.6 Å². The normalized spacial score (nSPS) is 20.3. The average molecular weight is 340 g/mol. The van der Waals surface area contributed by atoms with E-state index in [1.807, 2.05) is 12.1 Å². The number of halogens is 3. The van der Waals surface area contributed by atoms with Crippen LogP contribution in [0.3, 0.4) is 0 Å². The maximum absolute atomic E-state index is 5.92. The van der Waals surface area contributed by atoms with Gasteiger partial charge in [0.15, 0.2) is 0 Å². The van der Waals surface area contributed by atoms with Crippen LogP contribution in [0.15, 0.2) is 22.7 Å². The molecule has 0 aliphatic carbocycles. The third kappa shape index (κ3) is 4.11. The van der Waals surface area contributed by atoms with Crippen molar-refractivity contribution in [1.82, 2.24) is 4.90 Å². The van der Waals surface area contributed by atoms with E-state index in [4.69, 9.17) is 17.3 Å². The molecule has 0 amide bonds. The van der Waals surface area contributed by atoms with E-state index >= 15 is 0 Å². The quantitative estimate of drug-likeness (QED) is 0.915. The molecule has 2 N–H and O–H groups in total. The molecule has 0 spiro atoms. The van der Waals surface area contributed by atoms with Crippen molar-refractivity contribution in [2.75, 3.05) is 19.6 Å². The van der Waals surface area contributed by atoms with Gasteiger partial charge in [-0.3, -0.25) is 4.90 Å². The first-order valence-electron chi connectivity index (χ1n) is 5.55. The van der Waals surface area contributed by atoms with Gasteiger partial charge in [-0.15, -0.1) is 12.4 Å². The van der Waals surface area contributed by atoms with Gasteiger partial charge in [-0.2, -0.15) is 0 Å². The molecule has 1 heterocycles. The average Bonchev–Trinajstić information content (AvgIpc) is 2.70. The highest BCUT2D eigenvalue weighted by atomic mass is 79.9. The van der Waals surface area contributed by atoms with Crippen LogP contribution in [0.2, 0.25) is 5.02 Å². The van der Waals surface area contributed by atoms with Crippen LogP contribution in [0, 0.1) is 5.92 Å². The Hall–Kier alpha value is 0.200. The SMILES string of the molecule is Cl.NCC1CCN(Cc2ccc(Cl)cc2Br)C1. The Balaban J connectivity index is 0.00000144. The summed E-state index contributed by atoms with van der Waals surface area (Å²) in [5, 5.41) is 0.775. The van der Waals surface area contributed by atoms with Gasteiger partial charge in [0.1, 0.15) is 0 Å². The van der Waals surface area contributed by atoms with Gasteiger partial charge >= 0.3 is 0 Å². The van der Waals surface area contributed by atoms with E-state index < -0.39 is 0 Å². The van der Waals surface area contributed by atoms with E-state index in [9.17, 15) is 0 Å². The van der Waals surface area contributed by atoms with Crippen LogP contribution in [0.1, 0.15) is 12.0 Å². The second-order valence-corrected chi connectivity index (χ2v) is 5.65. The van der Waals surface area contributed by atoms with Crippen LogP contribution in [-0.4, -0.2) is 24.5 Å². The van der Waals surface area contributed by atoms with E-state index in [-0.39, 0.29) is 12.4 Å². The minimum Gasteiger partial charge on any atom is -0.330 e. The lowest BCUT2D eigenvalue weighted by Crippen LogP contribution is -2.22. The van der Waals surface area contributed by atoms with Crippen molar-refractivity contribution in [3.63, 3.8) is 0 Å². The summed E-state index contributed by atoms with van der Waals surface area (Å²) in [5.41, 5.74) is 6.98. The van der Waals surface area contributed by atoms with Gasteiger partial charge in [0.05, 0.1) is 0 Å². The van der Waals surface area contributed by atoms with Crippen molar-refractivity contribution in [3.8, 4) is 0 Å². The molecule has 96 valence electrons. The fourth-order valence-electron chi connectivity index (χ4n) is 2.14. The van der Waals surface area contributed by atoms with Crippen LogP contribution in [0.4, 0.5) is 0 Å². The van der Waals surface area contributed by atoms with Crippen molar-refractivity contribution in [2.24, 2.45) is 11.7 Å². The molecule has 2 nitrogen and oxygen atoms in total. The van der Waals surface area contributed by atoms with E-state index in [1.54, 1.807) is 0 Å². The minimum atomic E-state index is 0. The minimum absolute atomic E-state index is 0. The Labute approximate surface area is 122 Å². The first-order chi connectivity index (χ1) is 7.69. The van der Waals surface area contributed by atoms with Crippen molar-refractivity contribution in [2.45, 2.75) is 13.0 Å². The number of hydrogen-bond acceptors (Lipinski definition) is 2. The zero-order valence-electron chi connectivity index (χ0n) is 9.53. The number of benzene rings is 1. The van der Waals surface area contributed by atoms with Crippen molar-refractivity contribution in [1.29, 1.82) is 0 Å². The summed E-state index contributed by atoms with van der Waals surface area (Å²) >= 11 is 9.47. The molecule has 1 aliphatic rings. The standard InChI is InChI=1S/C12H16BrClN2.ClH/c13-12-5-11(14)2-1-10(12)8-16-4-3-9(6-15)7-16;/h1-2,5,9H,3-4,6-8,15H2;1H. The molecule has 1 unspecified atom stereocenters. The fourth-order valence-corrected chi connectivity index (χ4v) is 2.95. The molecule has 1 aromatic rings. The summed E-state index contributed by atoms with van der Waals surface area (Å²) in [6.45, 7) is 4.05. The predicted octanol–water partition coefficient (Wildman–Crippen LogP) is 3.30. The number of nitrogens with zero attached hydrogens (tertiary/aromatic N) is 1. The summed E-state index contributed by atoms with van der Waals surface area (Å²) in [6.07, 6.45) is 1.22. The van der Waals surface area contributed by atoms with Crippen LogP contribution in [0.5, 0.6) is 0 Å². The van der Waals surface area contributed by atoms with Crippen LogP contribution in [-0.2, 0) is 6.54 Å². The largest absolute Gasteiger partial charge is 0.330 e. The highest BCUT2D eigenvalue weighted by molar-refractivity contribution is 9.10. The van der Waals surface area contributed by atoms with Gasteiger partial charge in [0.25, 0.3) is 0 Å². The third-order valence-electron chi connectivity index (χ3n) is 3.11. The van der Waals surface area contributed by atoms with Crippen LogP contribution in [0.25, 0.3) is 0 Å². The molecule has 1 aliphatic heterocycles. The van der Waals surface area contributed by atoms with Crippen LogP contribution < -0.4 is 5.73 Å². The lowest BCUT2D eigenvalue weighted by atomic mass is 10.1. The molecule has 1 fully saturated rings. The molecule has 0 radical (unpaired) electrons. The summed E-state index contributed by atoms with van der Waals surface area (Å²) in [4.78, 5) is 2.45. The van der Waals surface area contributed by atoms with E-state index in [0.717, 1.165) is 35.7 Å². The predicted molar refractivity (Wildman–Crippen MR) is 78.8 cm³/mol. The second kappa shape index (κ2) is 6.95. The summed E-state index contributed by atoms with van der Waals surface area (Å²) in [5.74, 6) is 0.672. The molecule has 5 heteroatoms. The van der Waals surface area contributed by atoms with Gasteiger partial charge in [-0.1, -0.05) is 33.6 Å². The van der Waals surface area contributed by atoms with Gasteiger partial charge in [0.2, 0.25) is 0 Å². The smallest absolute Gasteiger partial charge is 0.0417 e. The highest BCUT2D eigenvalue weighted by Gasteiger charge is 2.21. The van der Waals surface area contributed by atoms with Gasteiger partial charge in [-0.25, -0.2) is 0 Å². The Morgan fingerprint density at radius 2 is 2.24 bits per heavy atom.